The van der Waals surface area contributed by atoms with Crippen LogP contribution in [0.3, 0.4) is 0 Å². The summed E-state index contributed by atoms with van der Waals surface area (Å²) < 4.78 is 1.04. The highest BCUT2D eigenvalue weighted by atomic mass is 79.9. The number of rotatable bonds is 6. The van der Waals surface area contributed by atoms with Gasteiger partial charge in [-0.15, -0.1) is 0 Å². The second-order valence-electron chi connectivity index (χ2n) is 4.86. The lowest BCUT2D eigenvalue weighted by Crippen LogP contribution is -2.27. The predicted octanol–water partition coefficient (Wildman–Crippen LogP) is 3.50. The van der Waals surface area contributed by atoms with Gasteiger partial charge in [0.1, 0.15) is 5.84 Å². The third-order valence-electron chi connectivity index (χ3n) is 3.31. The molecule has 1 aliphatic rings. The number of unbranched alkanes of at least 4 members (excludes halogenated alkanes) is 1. The second-order valence-corrected chi connectivity index (χ2v) is 5.71. The molecule has 98 valence electrons. The first-order chi connectivity index (χ1) is 8.63. The van der Waals surface area contributed by atoms with Crippen LogP contribution in [-0.4, -0.2) is 18.4 Å². The van der Waals surface area contributed by atoms with Crippen LogP contribution in [0.1, 0.15) is 38.2 Å². The number of nitrogens with one attached hydrogen (secondary N) is 1. The monoisotopic (exact) mass is 309 g/mol. The van der Waals surface area contributed by atoms with Crippen LogP contribution in [-0.2, 0) is 0 Å². The van der Waals surface area contributed by atoms with Crippen LogP contribution in [0.25, 0.3) is 0 Å². The fourth-order valence-electron chi connectivity index (χ4n) is 2.12. The predicted molar refractivity (Wildman–Crippen MR) is 80.4 cm³/mol. The van der Waals surface area contributed by atoms with Crippen molar-refractivity contribution in [1.82, 2.24) is 0 Å². The SMILES string of the molecule is CCCCN(c1ccc(C(=N)N)cc1Br)C1CC1. The van der Waals surface area contributed by atoms with Crippen molar-refractivity contribution in [3.05, 3.63) is 28.2 Å². The van der Waals surface area contributed by atoms with Crippen molar-refractivity contribution >= 4 is 27.5 Å². The molecule has 3 nitrogen and oxygen atoms in total. The molecule has 0 unspecified atom stereocenters. The van der Waals surface area contributed by atoms with Crippen LogP contribution in [0.5, 0.6) is 0 Å². The van der Waals surface area contributed by atoms with Crippen molar-refractivity contribution in [2.75, 3.05) is 11.4 Å². The molecule has 2 rings (SSSR count). The minimum Gasteiger partial charge on any atom is -0.384 e. The molecule has 0 aromatic heterocycles. The summed E-state index contributed by atoms with van der Waals surface area (Å²) in [6, 6.07) is 6.66. The Labute approximate surface area is 117 Å². The van der Waals surface area contributed by atoms with E-state index in [-0.39, 0.29) is 5.84 Å². The topological polar surface area (TPSA) is 53.1 Å². The quantitative estimate of drug-likeness (QED) is 0.624. The Bertz CT molecular complexity index is 441. The van der Waals surface area contributed by atoms with E-state index in [1.54, 1.807) is 0 Å². The highest BCUT2D eigenvalue weighted by Crippen LogP contribution is 2.36. The number of halogens is 1. The maximum Gasteiger partial charge on any atom is 0.122 e. The summed E-state index contributed by atoms with van der Waals surface area (Å²) in [5.41, 5.74) is 7.52. The minimum absolute atomic E-state index is 0.119. The van der Waals surface area contributed by atoms with Crippen molar-refractivity contribution in [1.29, 1.82) is 5.41 Å². The molecule has 0 radical (unpaired) electrons. The lowest BCUT2D eigenvalue weighted by atomic mass is 10.1. The Balaban J connectivity index is 2.21. The van der Waals surface area contributed by atoms with E-state index in [0.717, 1.165) is 16.6 Å². The van der Waals surface area contributed by atoms with Gasteiger partial charge < -0.3 is 10.6 Å². The molecule has 18 heavy (non-hydrogen) atoms. The van der Waals surface area contributed by atoms with Gasteiger partial charge in [-0.25, -0.2) is 0 Å². The van der Waals surface area contributed by atoms with Crippen LogP contribution < -0.4 is 10.6 Å². The van der Waals surface area contributed by atoms with Crippen LogP contribution in [0.2, 0.25) is 0 Å². The zero-order valence-electron chi connectivity index (χ0n) is 10.7. The summed E-state index contributed by atoms with van der Waals surface area (Å²) in [5.74, 6) is 0.119. The van der Waals surface area contributed by atoms with Crippen molar-refractivity contribution in [2.24, 2.45) is 5.73 Å². The molecule has 0 bridgehead atoms. The molecule has 0 heterocycles. The Hall–Kier alpha value is -1.03. The van der Waals surface area contributed by atoms with E-state index in [9.17, 15) is 0 Å². The molecule has 1 aromatic carbocycles. The van der Waals surface area contributed by atoms with Crippen LogP contribution in [0.4, 0.5) is 5.69 Å². The molecule has 3 N–H and O–H groups in total. The van der Waals surface area contributed by atoms with Gasteiger partial charge in [-0.3, -0.25) is 5.41 Å². The van der Waals surface area contributed by atoms with Gasteiger partial charge in [0.15, 0.2) is 0 Å². The van der Waals surface area contributed by atoms with Gasteiger partial charge in [0.05, 0.1) is 5.69 Å². The number of hydrogen-bond donors (Lipinski definition) is 2. The first kappa shape index (κ1) is 13.4. The molecular formula is C14H20BrN3. The van der Waals surface area contributed by atoms with E-state index in [1.165, 1.54) is 31.4 Å². The largest absolute Gasteiger partial charge is 0.384 e. The molecule has 0 spiro atoms. The number of nitrogens with two attached hydrogens (primary N) is 1. The van der Waals surface area contributed by atoms with E-state index >= 15 is 0 Å². The van der Waals surface area contributed by atoms with Crippen LogP contribution >= 0.6 is 15.9 Å². The summed E-state index contributed by atoms with van der Waals surface area (Å²) in [4.78, 5) is 2.48. The molecular weight excluding hydrogens is 290 g/mol. The molecule has 0 saturated heterocycles. The lowest BCUT2D eigenvalue weighted by molar-refractivity contribution is 0.712. The van der Waals surface area contributed by atoms with Crippen molar-refractivity contribution in [2.45, 2.75) is 38.6 Å². The Kier molecular flexibility index (Phi) is 4.27. The maximum absolute atomic E-state index is 7.46. The highest BCUT2D eigenvalue weighted by Gasteiger charge is 2.29. The molecule has 1 fully saturated rings. The lowest BCUT2D eigenvalue weighted by Gasteiger charge is -2.26. The molecule has 0 aliphatic heterocycles. The number of nitrogen functional groups attached to an aromatic ring is 1. The van der Waals surface area contributed by atoms with E-state index in [0.29, 0.717) is 6.04 Å². The number of benzene rings is 1. The Morgan fingerprint density at radius 3 is 2.72 bits per heavy atom. The van der Waals surface area contributed by atoms with Crippen molar-refractivity contribution in [3.63, 3.8) is 0 Å². The summed E-state index contributed by atoms with van der Waals surface area (Å²) in [6.07, 6.45) is 5.03. The molecule has 4 heteroatoms. The van der Waals surface area contributed by atoms with Gasteiger partial charge >= 0.3 is 0 Å². The number of amidine groups is 1. The third-order valence-corrected chi connectivity index (χ3v) is 3.94. The Morgan fingerprint density at radius 2 is 2.22 bits per heavy atom. The summed E-state index contributed by atoms with van der Waals surface area (Å²) in [5, 5.41) is 7.46. The highest BCUT2D eigenvalue weighted by molar-refractivity contribution is 9.10. The average molecular weight is 310 g/mol. The zero-order valence-corrected chi connectivity index (χ0v) is 12.3. The van der Waals surface area contributed by atoms with E-state index < -0.39 is 0 Å². The summed E-state index contributed by atoms with van der Waals surface area (Å²) in [6.45, 7) is 3.33. The molecule has 1 saturated carbocycles. The van der Waals surface area contributed by atoms with Gasteiger partial charge in [0.2, 0.25) is 0 Å². The standard InChI is InChI=1S/C14H20BrN3/c1-2-3-8-18(11-5-6-11)13-7-4-10(14(16)17)9-12(13)15/h4,7,9,11H,2-3,5-6,8H2,1H3,(H3,16,17). The number of nitrogens with zero attached hydrogens (tertiary/aromatic N) is 1. The Morgan fingerprint density at radius 1 is 1.50 bits per heavy atom. The number of anilines is 1. The normalized spacial score (nSPS) is 14.6. The number of hydrogen-bond acceptors (Lipinski definition) is 2. The third kappa shape index (κ3) is 3.05. The van der Waals surface area contributed by atoms with Crippen LogP contribution in [0, 0.1) is 5.41 Å². The van der Waals surface area contributed by atoms with Crippen LogP contribution in [0.15, 0.2) is 22.7 Å². The van der Waals surface area contributed by atoms with E-state index in [4.69, 9.17) is 11.1 Å². The smallest absolute Gasteiger partial charge is 0.122 e. The van der Waals surface area contributed by atoms with Gasteiger partial charge in [-0.05, 0) is 53.4 Å². The van der Waals surface area contributed by atoms with Crippen molar-refractivity contribution < 1.29 is 0 Å². The molecule has 1 aromatic rings. The van der Waals surface area contributed by atoms with Gasteiger partial charge in [0.25, 0.3) is 0 Å². The summed E-state index contributed by atoms with van der Waals surface area (Å²) in [7, 11) is 0. The molecule has 0 atom stereocenters. The van der Waals surface area contributed by atoms with Crippen molar-refractivity contribution in [3.8, 4) is 0 Å². The molecule has 0 amide bonds. The average Bonchev–Trinajstić information content (AvgIpc) is 3.15. The summed E-state index contributed by atoms with van der Waals surface area (Å²) >= 11 is 3.61. The zero-order chi connectivity index (χ0) is 13.1. The second kappa shape index (κ2) is 5.74. The first-order valence-corrected chi connectivity index (χ1v) is 7.33. The van der Waals surface area contributed by atoms with E-state index in [2.05, 4.69) is 33.8 Å². The minimum atomic E-state index is 0.119. The molecule has 1 aliphatic carbocycles. The van der Waals surface area contributed by atoms with Gasteiger partial charge in [0, 0.05) is 22.6 Å². The fourth-order valence-corrected chi connectivity index (χ4v) is 2.73. The first-order valence-electron chi connectivity index (χ1n) is 6.54. The van der Waals surface area contributed by atoms with Gasteiger partial charge in [-0.1, -0.05) is 13.3 Å². The van der Waals surface area contributed by atoms with E-state index in [1.807, 2.05) is 12.1 Å². The maximum atomic E-state index is 7.46. The van der Waals surface area contributed by atoms with Gasteiger partial charge in [-0.2, -0.15) is 0 Å². The fraction of sp³-hybridized carbons (Fsp3) is 0.500.